The molecule has 1 amide bonds. The monoisotopic (exact) mass is 323 g/mol. The second kappa shape index (κ2) is 8.17. The molecule has 0 bridgehead atoms. The van der Waals surface area contributed by atoms with Crippen molar-refractivity contribution in [3.05, 3.63) is 57.2 Å². The molecular weight excluding hydrogens is 306 g/mol. The SMILES string of the molecule is O=C(CCc1cc(Cl)cs1)NC(CCO)c1ccccc1. The Morgan fingerprint density at radius 3 is 2.71 bits per heavy atom. The third kappa shape index (κ3) is 5.16. The number of aryl methyl sites for hydroxylation is 1. The Hall–Kier alpha value is -1.36. The zero-order valence-electron chi connectivity index (χ0n) is 11.6. The van der Waals surface area contributed by atoms with Gasteiger partial charge < -0.3 is 10.4 Å². The molecule has 1 aromatic heterocycles. The van der Waals surface area contributed by atoms with Crippen LogP contribution in [-0.2, 0) is 11.2 Å². The van der Waals surface area contributed by atoms with Crippen LogP contribution in [0.1, 0.15) is 29.3 Å². The Kier molecular flexibility index (Phi) is 6.23. The first-order valence-electron chi connectivity index (χ1n) is 6.87. The van der Waals surface area contributed by atoms with Crippen molar-refractivity contribution in [1.82, 2.24) is 5.32 Å². The molecule has 112 valence electrons. The number of thiophene rings is 1. The molecule has 3 nitrogen and oxygen atoms in total. The molecule has 5 heteroatoms. The van der Waals surface area contributed by atoms with E-state index in [4.69, 9.17) is 16.7 Å². The van der Waals surface area contributed by atoms with Gasteiger partial charge in [-0.3, -0.25) is 4.79 Å². The zero-order chi connectivity index (χ0) is 15.1. The van der Waals surface area contributed by atoms with Gasteiger partial charge in [0.25, 0.3) is 0 Å². The topological polar surface area (TPSA) is 49.3 Å². The average molecular weight is 324 g/mol. The van der Waals surface area contributed by atoms with E-state index in [1.807, 2.05) is 41.8 Å². The molecule has 2 rings (SSSR count). The van der Waals surface area contributed by atoms with E-state index in [-0.39, 0.29) is 18.6 Å². The maximum absolute atomic E-state index is 12.1. The number of halogens is 1. The number of carbonyl (C=O) groups excluding carboxylic acids is 1. The predicted octanol–water partition coefficient (Wildman–Crippen LogP) is 3.57. The van der Waals surface area contributed by atoms with Gasteiger partial charge in [-0.15, -0.1) is 11.3 Å². The maximum Gasteiger partial charge on any atom is 0.220 e. The molecule has 0 aliphatic rings. The summed E-state index contributed by atoms with van der Waals surface area (Å²) >= 11 is 7.43. The average Bonchev–Trinajstić information content (AvgIpc) is 2.91. The number of rotatable bonds is 7. The summed E-state index contributed by atoms with van der Waals surface area (Å²) in [5.41, 5.74) is 1.01. The van der Waals surface area contributed by atoms with Crippen molar-refractivity contribution >= 4 is 28.8 Å². The minimum atomic E-state index is -0.143. The van der Waals surface area contributed by atoms with E-state index in [1.165, 1.54) is 0 Å². The minimum absolute atomic E-state index is 0.0122. The lowest BCUT2D eigenvalue weighted by Gasteiger charge is -2.18. The normalized spacial score (nSPS) is 12.1. The number of aliphatic hydroxyl groups is 1. The van der Waals surface area contributed by atoms with E-state index >= 15 is 0 Å². The summed E-state index contributed by atoms with van der Waals surface area (Å²) in [6, 6.07) is 11.5. The molecule has 2 aromatic rings. The number of benzene rings is 1. The molecule has 0 aliphatic carbocycles. The van der Waals surface area contributed by atoms with Crippen LogP contribution in [-0.4, -0.2) is 17.6 Å². The minimum Gasteiger partial charge on any atom is -0.396 e. The molecule has 1 aromatic carbocycles. The highest BCUT2D eigenvalue weighted by Gasteiger charge is 2.14. The maximum atomic E-state index is 12.1. The van der Waals surface area contributed by atoms with Crippen LogP contribution in [0.3, 0.4) is 0 Å². The van der Waals surface area contributed by atoms with Gasteiger partial charge in [-0.25, -0.2) is 0 Å². The van der Waals surface area contributed by atoms with Crippen LogP contribution >= 0.6 is 22.9 Å². The van der Waals surface area contributed by atoms with E-state index in [2.05, 4.69) is 5.32 Å². The van der Waals surface area contributed by atoms with Gasteiger partial charge in [0.15, 0.2) is 0 Å². The second-order valence-corrected chi connectivity index (χ2v) is 6.21. The van der Waals surface area contributed by atoms with Gasteiger partial charge in [-0.1, -0.05) is 41.9 Å². The highest BCUT2D eigenvalue weighted by atomic mass is 35.5. The quantitative estimate of drug-likeness (QED) is 0.818. The highest BCUT2D eigenvalue weighted by molar-refractivity contribution is 7.10. The molecule has 1 heterocycles. The molecular formula is C16H18ClNO2S. The Bertz CT molecular complexity index is 571. The number of nitrogens with one attached hydrogen (secondary N) is 1. The molecule has 0 radical (unpaired) electrons. The molecule has 1 unspecified atom stereocenters. The van der Waals surface area contributed by atoms with Crippen molar-refractivity contribution in [2.75, 3.05) is 6.61 Å². The van der Waals surface area contributed by atoms with Gasteiger partial charge in [-0.05, 0) is 24.5 Å². The first-order chi connectivity index (χ1) is 10.2. The van der Waals surface area contributed by atoms with E-state index in [9.17, 15) is 4.79 Å². The fourth-order valence-electron chi connectivity index (χ4n) is 2.12. The summed E-state index contributed by atoms with van der Waals surface area (Å²) in [5, 5.41) is 14.7. The van der Waals surface area contributed by atoms with Crippen LogP contribution in [0.15, 0.2) is 41.8 Å². The molecule has 0 spiro atoms. The van der Waals surface area contributed by atoms with Crippen LogP contribution in [0.25, 0.3) is 0 Å². The number of hydrogen-bond acceptors (Lipinski definition) is 3. The predicted molar refractivity (Wildman–Crippen MR) is 86.7 cm³/mol. The number of hydrogen-bond donors (Lipinski definition) is 2. The number of amides is 1. The molecule has 0 saturated carbocycles. The molecule has 1 atom stereocenters. The van der Waals surface area contributed by atoms with E-state index in [0.29, 0.717) is 19.3 Å². The van der Waals surface area contributed by atoms with Gasteiger partial charge in [0.05, 0.1) is 11.1 Å². The van der Waals surface area contributed by atoms with Crippen molar-refractivity contribution in [3.8, 4) is 0 Å². The third-order valence-electron chi connectivity index (χ3n) is 3.18. The van der Waals surface area contributed by atoms with E-state index in [0.717, 1.165) is 15.5 Å². The summed E-state index contributed by atoms with van der Waals surface area (Å²) in [6.45, 7) is 0.0420. The van der Waals surface area contributed by atoms with Crippen molar-refractivity contribution in [1.29, 1.82) is 0 Å². The third-order valence-corrected chi connectivity index (χ3v) is 4.52. The Morgan fingerprint density at radius 1 is 1.33 bits per heavy atom. The first kappa shape index (κ1) is 16.0. The Morgan fingerprint density at radius 2 is 2.10 bits per heavy atom. The summed E-state index contributed by atoms with van der Waals surface area (Å²) in [7, 11) is 0. The van der Waals surface area contributed by atoms with Gasteiger partial charge >= 0.3 is 0 Å². The molecule has 0 saturated heterocycles. The highest BCUT2D eigenvalue weighted by Crippen LogP contribution is 2.21. The van der Waals surface area contributed by atoms with Crippen LogP contribution in [0, 0.1) is 0 Å². The largest absolute Gasteiger partial charge is 0.396 e. The Balaban J connectivity index is 1.89. The smallest absolute Gasteiger partial charge is 0.220 e. The van der Waals surface area contributed by atoms with Crippen LogP contribution in [0.2, 0.25) is 5.02 Å². The first-order valence-corrected chi connectivity index (χ1v) is 8.13. The fourth-order valence-corrected chi connectivity index (χ4v) is 3.20. The van der Waals surface area contributed by atoms with Crippen LogP contribution < -0.4 is 5.32 Å². The van der Waals surface area contributed by atoms with Gasteiger partial charge in [0, 0.05) is 23.3 Å². The van der Waals surface area contributed by atoms with Crippen LogP contribution in [0.4, 0.5) is 0 Å². The van der Waals surface area contributed by atoms with E-state index < -0.39 is 0 Å². The molecule has 0 aliphatic heterocycles. The number of aliphatic hydroxyl groups excluding tert-OH is 1. The molecule has 2 N–H and O–H groups in total. The van der Waals surface area contributed by atoms with Crippen LogP contribution in [0.5, 0.6) is 0 Å². The lowest BCUT2D eigenvalue weighted by Crippen LogP contribution is -2.29. The molecule has 21 heavy (non-hydrogen) atoms. The van der Waals surface area contributed by atoms with Gasteiger partial charge in [-0.2, -0.15) is 0 Å². The summed E-state index contributed by atoms with van der Waals surface area (Å²) in [5.74, 6) is -0.0122. The van der Waals surface area contributed by atoms with Crippen molar-refractivity contribution in [3.63, 3.8) is 0 Å². The van der Waals surface area contributed by atoms with E-state index in [1.54, 1.807) is 11.3 Å². The summed E-state index contributed by atoms with van der Waals surface area (Å²) < 4.78 is 0. The van der Waals surface area contributed by atoms with Gasteiger partial charge in [0.2, 0.25) is 5.91 Å². The van der Waals surface area contributed by atoms with Gasteiger partial charge in [0.1, 0.15) is 0 Å². The summed E-state index contributed by atoms with van der Waals surface area (Å²) in [4.78, 5) is 13.2. The number of carbonyl (C=O) groups is 1. The lowest BCUT2D eigenvalue weighted by molar-refractivity contribution is -0.121. The standard InChI is InChI=1S/C16H18ClNO2S/c17-13-10-14(21-11-13)6-7-16(20)18-15(8-9-19)12-4-2-1-3-5-12/h1-5,10-11,15,19H,6-9H2,(H,18,20). The fraction of sp³-hybridized carbons (Fsp3) is 0.312. The Labute approximate surface area is 133 Å². The van der Waals surface area contributed by atoms with Crippen molar-refractivity contribution in [2.45, 2.75) is 25.3 Å². The molecule has 0 fully saturated rings. The van der Waals surface area contributed by atoms with Crippen molar-refractivity contribution < 1.29 is 9.90 Å². The lowest BCUT2D eigenvalue weighted by atomic mass is 10.0. The summed E-state index contributed by atoms with van der Waals surface area (Å²) in [6.07, 6.45) is 1.62. The second-order valence-electron chi connectivity index (χ2n) is 4.77. The van der Waals surface area contributed by atoms with Crippen molar-refractivity contribution in [2.24, 2.45) is 0 Å². The zero-order valence-corrected chi connectivity index (χ0v) is 13.2.